The predicted octanol–water partition coefficient (Wildman–Crippen LogP) is 2.49. The quantitative estimate of drug-likeness (QED) is 0.563. The average molecular weight is 264 g/mol. The van der Waals surface area contributed by atoms with E-state index < -0.39 is 0 Å². The normalized spacial score (nSPS) is 12.5. The van der Waals surface area contributed by atoms with Crippen LogP contribution >= 0.6 is 0 Å². The van der Waals surface area contributed by atoms with Gasteiger partial charge in [0.2, 0.25) is 0 Å². The summed E-state index contributed by atoms with van der Waals surface area (Å²) in [6, 6.07) is 12.0. The molecule has 0 saturated carbocycles. The zero-order valence-electron chi connectivity index (χ0n) is 11.2. The number of nitrogens with zero attached hydrogens (tertiary/aromatic N) is 2. The van der Waals surface area contributed by atoms with Gasteiger partial charge in [-0.2, -0.15) is 0 Å². The van der Waals surface area contributed by atoms with Gasteiger partial charge in [-0.15, -0.1) is 0 Å². The van der Waals surface area contributed by atoms with Gasteiger partial charge >= 0.3 is 0 Å². The Bertz CT molecular complexity index is 734. The number of nitrogens with two attached hydrogens (primary N) is 1. The molecule has 1 unspecified atom stereocenters. The molecule has 3 N–H and O–H groups in total. The van der Waals surface area contributed by atoms with Crippen LogP contribution in [0.25, 0.3) is 10.8 Å². The molecule has 3 rings (SSSR count). The van der Waals surface area contributed by atoms with E-state index in [4.69, 9.17) is 5.84 Å². The molecule has 0 aliphatic heterocycles. The minimum Gasteiger partial charge on any atom is -0.271 e. The van der Waals surface area contributed by atoms with Crippen LogP contribution in [-0.4, -0.2) is 9.97 Å². The largest absolute Gasteiger partial charge is 0.271 e. The topological polar surface area (TPSA) is 63.8 Å². The first-order valence-corrected chi connectivity index (χ1v) is 6.51. The smallest absolute Gasteiger partial charge is 0.0902 e. The number of hydrazine groups is 1. The van der Waals surface area contributed by atoms with Crippen LogP contribution in [0.15, 0.2) is 55.0 Å². The number of aryl methyl sites for hydroxylation is 1. The van der Waals surface area contributed by atoms with E-state index in [1.165, 1.54) is 0 Å². The Labute approximate surface area is 117 Å². The lowest BCUT2D eigenvalue weighted by Gasteiger charge is -2.17. The maximum absolute atomic E-state index is 5.76. The second-order valence-corrected chi connectivity index (χ2v) is 4.81. The lowest BCUT2D eigenvalue weighted by atomic mass is 9.99. The molecular formula is C16H16N4. The summed E-state index contributed by atoms with van der Waals surface area (Å²) >= 11 is 0. The summed E-state index contributed by atoms with van der Waals surface area (Å²) in [6.07, 6.45) is 5.50. The molecule has 0 spiro atoms. The molecule has 0 amide bonds. The Balaban J connectivity index is 2.17. The molecule has 1 atom stereocenters. The Hall–Kier alpha value is -2.30. The number of benzene rings is 1. The van der Waals surface area contributed by atoms with Crippen LogP contribution in [0.2, 0.25) is 0 Å². The van der Waals surface area contributed by atoms with Gasteiger partial charge < -0.3 is 0 Å². The summed E-state index contributed by atoms with van der Waals surface area (Å²) in [7, 11) is 0. The standard InChI is InChI=1S/C16H16N4/c1-11-6-7-19-15(8-11)16(20-17)14-10-18-9-12-4-2-3-5-13(12)14/h2-10,16,20H,17H2,1H3. The molecule has 2 aromatic heterocycles. The van der Waals surface area contributed by atoms with Crippen molar-refractivity contribution in [2.45, 2.75) is 13.0 Å². The summed E-state index contributed by atoms with van der Waals surface area (Å²) in [6.45, 7) is 2.04. The summed E-state index contributed by atoms with van der Waals surface area (Å²) in [4.78, 5) is 8.73. The van der Waals surface area contributed by atoms with E-state index in [9.17, 15) is 0 Å². The molecule has 0 aliphatic carbocycles. The van der Waals surface area contributed by atoms with E-state index in [1.54, 1.807) is 6.20 Å². The average Bonchev–Trinajstić information content (AvgIpc) is 2.48. The molecular weight excluding hydrogens is 248 g/mol. The molecule has 0 bridgehead atoms. The third-order valence-corrected chi connectivity index (χ3v) is 3.41. The first-order chi connectivity index (χ1) is 9.79. The van der Waals surface area contributed by atoms with Gasteiger partial charge in [0.05, 0.1) is 11.7 Å². The predicted molar refractivity (Wildman–Crippen MR) is 79.9 cm³/mol. The molecule has 0 saturated heterocycles. The Morgan fingerprint density at radius 3 is 2.80 bits per heavy atom. The fourth-order valence-electron chi connectivity index (χ4n) is 2.42. The molecule has 3 aromatic rings. The van der Waals surface area contributed by atoms with Gasteiger partial charge in [-0.1, -0.05) is 24.3 Å². The number of fused-ring (bicyclic) bond motifs is 1. The van der Waals surface area contributed by atoms with Crippen LogP contribution in [-0.2, 0) is 0 Å². The number of aromatic nitrogens is 2. The molecule has 2 heterocycles. The number of nitrogens with one attached hydrogen (secondary N) is 1. The number of rotatable bonds is 3. The maximum Gasteiger partial charge on any atom is 0.0902 e. The molecule has 100 valence electrons. The van der Waals surface area contributed by atoms with Crippen LogP contribution in [0.4, 0.5) is 0 Å². The second kappa shape index (κ2) is 5.36. The lowest BCUT2D eigenvalue weighted by molar-refractivity contribution is 0.622. The summed E-state index contributed by atoms with van der Waals surface area (Å²) < 4.78 is 0. The second-order valence-electron chi connectivity index (χ2n) is 4.81. The van der Waals surface area contributed by atoms with Crippen LogP contribution in [0.1, 0.15) is 22.9 Å². The van der Waals surface area contributed by atoms with Crippen molar-refractivity contribution >= 4 is 10.8 Å². The zero-order chi connectivity index (χ0) is 13.9. The van der Waals surface area contributed by atoms with E-state index in [2.05, 4.69) is 21.5 Å². The number of pyridine rings is 2. The highest BCUT2D eigenvalue weighted by Gasteiger charge is 2.16. The zero-order valence-corrected chi connectivity index (χ0v) is 11.2. The molecule has 4 heteroatoms. The van der Waals surface area contributed by atoms with Gasteiger partial charge in [-0.3, -0.25) is 15.8 Å². The minimum absolute atomic E-state index is 0.173. The summed E-state index contributed by atoms with van der Waals surface area (Å²) in [5.41, 5.74) is 5.93. The van der Waals surface area contributed by atoms with Crippen molar-refractivity contribution in [2.75, 3.05) is 0 Å². The SMILES string of the molecule is Cc1ccnc(C(NN)c2cncc3ccccc23)c1. The van der Waals surface area contributed by atoms with Crippen molar-refractivity contribution in [3.8, 4) is 0 Å². The number of hydrogen-bond acceptors (Lipinski definition) is 4. The highest BCUT2D eigenvalue weighted by molar-refractivity contribution is 5.85. The third-order valence-electron chi connectivity index (χ3n) is 3.41. The van der Waals surface area contributed by atoms with Crippen molar-refractivity contribution in [1.82, 2.24) is 15.4 Å². The Morgan fingerprint density at radius 1 is 1.15 bits per heavy atom. The van der Waals surface area contributed by atoms with Crippen molar-refractivity contribution in [2.24, 2.45) is 5.84 Å². The van der Waals surface area contributed by atoms with Crippen LogP contribution in [0.3, 0.4) is 0 Å². The molecule has 0 radical (unpaired) electrons. The molecule has 1 aromatic carbocycles. The van der Waals surface area contributed by atoms with E-state index in [0.717, 1.165) is 27.6 Å². The fourth-order valence-corrected chi connectivity index (χ4v) is 2.42. The van der Waals surface area contributed by atoms with Gasteiger partial charge in [0.15, 0.2) is 0 Å². The minimum atomic E-state index is -0.173. The molecule has 0 aliphatic rings. The van der Waals surface area contributed by atoms with Gasteiger partial charge in [-0.05, 0) is 30.0 Å². The van der Waals surface area contributed by atoms with E-state index in [1.807, 2.05) is 49.6 Å². The maximum atomic E-state index is 5.76. The summed E-state index contributed by atoms with van der Waals surface area (Å²) in [5.74, 6) is 5.76. The van der Waals surface area contributed by atoms with Crippen LogP contribution in [0.5, 0.6) is 0 Å². The van der Waals surface area contributed by atoms with Crippen LogP contribution < -0.4 is 11.3 Å². The highest BCUT2D eigenvalue weighted by atomic mass is 15.2. The summed E-state index contributed by atoms with van der Waals surface area (Å²) in [5, 5.41) is 2.23. The van der Waals surface area contributed by atoms with Crippen molar-refractivity contribution in [3.05, 3.63) is 71.8 Å². The van der Waals surface area contributed by atoms with E-state index in [0.29, 0.717) is 0 Å². The van der Waals surface area contributed by atoms with Crippen molar-refractivity contribution in [3.63, 3.8) is 0 Å². The van der Waals surface area contributed by atoms with Crippen molar-refractivity contribution in [1.29, 1.82) is 0 Å². The van der Waals surface area contributed by atoms with Gasteiger partial charge in [0.25, 0.3) is 0 Å². The van der Waals surface area contributed by atoms with Gasteiger partial charge in [-0.25, -0.2) is 5.43 Å². The Kier molecular flexibility index (Phi) is 3.41. The fraction of sp³-hybridized carbons (Fsp3) is 0.125. The molecule has 4 nitrogen and oxygen atoms in total. The monoisotopic (exact) mass is 264 g/mol. The molecule has 0 fully saturated rings. The number of hydrogen-bond donors (Lipinski definition) is 2. The van der Waals surface area contributed by atoms with Crippen molar-refractivity contribution < 1.29 is 0 Å². The van der Waals surface area contributed by atoms with E-state index >= 15 is 0 Å². The third kappa shape index (κ3) is 2.27. The van der Waals surface area contributed by atoms with Gasteiger partial charge in [0, 0.05) is 29.5 Å². The van der Waals surface area contributed by atoms with Gasteiger partial charge in [0.1, 0.15) is 0 Å². The first-order valence-electron chi connectivity index (χ1n) is 6.51. The van der Waals surface area contributed by atoms with E-state index in [-0.39, 0.29) is 6.04 Å². The molecule has 20 heavy (non-hydrogen) atoms. The van der Waals surface area contributed by atoms with Crippen LogP contribution in [0, 0.1) is 6.92 Å². The Morgan fingerprint density at radius 2 is 2.00 bits per heavy atom. The lowest BCUT2D eigenvalue weighted by Crippen LogP contribution is -2.29. The first kappa shape index (κ1) is 12.7. The highest BCUT2D eigenvalue weighted by Crippen LogP contribution is 2.26.